The minimum Gasteiger partial charge on any atom is -0.487 e. The molecular formula is C36H47ClN4O7S. The zero-order valence-electron chi connectivity index (χ0n) is 28.3. The van der Waals surface area contributed by atoms with E-state index < -0.39 is 34.0 Å². The fourth-order valence-electron chi connectivity index (χ4n) is 7.21. The van der Waals surface area contributed by atoms with Gasteiger partial charge in [-0.3, -0.25) is 9.59 Å². The number of aryl methyl sites for hydroxylation is 1. The second-order valence-electron chi connectivity index (χ2n) is 13.7. The number of aliphatic hydroxyl groups is 1. The molecule has 0 radical (unpaired) electrons. The number of anilines is 1. The average molecular weight is 715 g/mol. The Kier molecular flexibility index (Phi) is 10.9. The number of amides is 2. The van der Waals surface area contributed by atoms with Gasteiger partial charge in [-0.2, -0.15) is 12.7 Å². The van der Waals surface area contributed by atoms with Gasteiger partial charge in [-0.05, 0) is 97.7 Å². The molecule has 0 unspecified atom stereocenters. The predicted octanol–water partition coefficient (Wildman–Crippen LogP) is 4.17. The lowest BCUT2D eigenvalue weighted by atomic mass is 9.70. The van der Waals surface area contributed by atoms with Gasteiger partial charge in [0, 0.05) is 51.9 Å². The molecule has 0 spiro atoms. The number of methoxy groups -OCH3 is 1. The lowest BCUT2D eigenvalue weighted by Crippen LogP contribution is -2.55. The summed E-state index contributed by atoms with van der Waals surface area (Å²) in [7, 11) is -0.855. The zero-order chi connectivity index (χ0) is 34.8. The zero-order valence-corrected chi connectivity index (χ0v) is 29.8. The summed E-state index contributed by atoms with van der Waals surface area (Å²) in [6.07, 6.45) is 9.33. The van der Waals surface area contributed by atoms with Crippen LogP contribution in [-0.2, 0) is 43.2 Å². The van der Waals surface area contributed by atoms with Crippen LogP contribution in [0.25, 0.3) is 0 Å². The molecule has 6 rings (SSSR count). The number of carbonyl (C=O) groups excluding carboxylic acids is 2. The number of halogens is 1. The lowest BCUT2D eigenvalue weighted by Gasteiger charge is -2.43. The van der Waals surface area contributed by atoms with Gasteiger partial charge in [-0.1, -0.05) is 35.9 Å². The van der Waals surface area contributed by atoms with E-state index in [9.17, 15) is 23.1 Å². The topological polar surface area (TPSA) is 129 Å². The van der Waals surface area contributed by atoms with E-state index in [1.54, 1.807) is 32.4 Å². The third-order valence-corrected chi connectivity index (χ3v) is 12.3. The Balaban J connectivity index is 1.44. The number of hydrogen-bond donors (Lipinski definition) is 2. The van der Waals surface area contributed by atoms with Crippen LogP contribution >= 0.6 is 11.6 Å². The van der Waals surface area contributed by atoms with Crippen molar-refractivity contribution in [2.75, 3.05) is 51.8 Å². The van der Waals surface area contributed by atoms with E-state index in [2.05, 4.69) is 15.7 Å². The van der Waals surface area contributed by atoms with Crippen molar-refractivity contribution in [3.8, 4) is 5.75 Å². The third kappa shape index (κ3) is 7.78. The maximum Gasteiger partial charge on any atom is 0.303 e. The second kappa shape index (κ2) is 15.0. The van der Waals surface area contributed by atoms with Crippen LogP contribution < -0.4 is 14.4 Å². The van der Waals surface area contributed by atoms with E-state index in [-0.39, 0.29) is 31.4 Å². The van der Waals surface area contributed by atoms with Crippen LogP contribution in [0.15, 0.2) is 48.6 Å². The average Bonchev–Trinajstić information content (AvgIpc) is 3.05. The molecule has 13 heteroatoms. The summed E-state index contributed by atoms with van der Waals surface area (Å²) in [5, 5.41) is 12.9. The molecule has 0 aromatic heterocycles. The lowest BCUT2D eigenvalue weighted by molar-refractivity contribution is -0.148. The molecule has 4 aliphatic rings. The van der Waals surface area contributed by atoms with E-state index in [0.29, 0.717) is 60.8 Å². The summed E-state index contributed by atoms with van der Waals surface area (Å²) in [5.74, 6) is -0.472. The van der Waals surface area contributed by atoms with Crippen molar-refractivity contribution in [2.45, 2.75) is 69.7 Å². The Bertz CT molecular complexity index is 1680. The Morgan fingerprint density at radius 3 is 2.59 bits per heavy atom. The molecular weight excluding hydrogens is 668 g/mol. The molecule has 1 saturated carbocycles. The van der Waals surface area contributed by atoms with Crippen molar-refractivity contribution in [2.24, 2.45) is 11.8 Å². The first-order chi connectivity index (χ1) is 23.5. The molecule has 1 saturated heterocycles. The fourth-order valence-corrected chi connectivity index (χ4v) is 8.68. The summed E-state index contributed by atoms with van der Waals surface area (Å²) in [6.45, 7) is 2.58. The first-order valence-corrected chi connectivity index (χ1v) is 19.1. The Morgan fingerprint density at radius 2 is 1.88 bits per heavy atom. The van der Waals surface area contributed by atoms with E-state index in [1.807, 2.05) is 24.3 Å². The predicted molar refractivity (Wildman–Crippen MR) is 188 cm³/mol. The van der Waals surface area contributed by atoms with Crippen LogP contribution in [0.2, 0.25) is 5.02 Å². The van der Waals surface area contributed by atoms with Gasteiger partial charge in [-0.25, -0.2) is 4.72 Å². The van der Waals surface area contributed by atoms with Crippen LogP contribution in [0.5, 0.6) is 5.75 Å². The summed E-state index contributed by atoms with van der Waals surface area (Å²) >= 11 is 6.36. The Hall–Kier alpha value is -3.16. The van der Waals surface area contributed by atoms with Crippen molar-refractivity contribution >= 4 is 39.3 Å². The summed E-state index contributed by atoms with van der Waals surface area (Å²) in [6, 6.07) is 10.8. The minimum absolute atomic E-state index is 0.0555. The first-order valence-electron chi connectivity index (χ1n) is 17.3. The highest BCUT2D eigenvalue weighted by atomic mass is 35.5. The maximum atomic E-state index is 13.9. The Labute approximate surface area is 294 Å². The van der Waals surface area contributed by atoms with Gasteiger partial charge in [0.25, 0.3) is 5.91 Å². The number of rotatable bonds is 4. The smallest absolute Gasteiger partial charge is 0.303 e. The van der Waals surface area contributed by atoms with Crippen molar-refractivity contribution in [1.82, 2.24) is 13.9 Å². The van der Waals surface area contributed by atoms with Gasteiger partial charge in [0.05, 0.1) is 18.2 Å². The normalized spacial score (nSPS) is 27.7. The highest BCUT2D eigenvalue weighted by molar-refractivity contribution is 7.87. The number of ether oxygens (including phenoxy) is 2. The van der Waals surface area contributed by atoms with E-state index >= 15 is 0 Å². The van der Waals surface area contributed by atoms with Crippen LogP contribution in [0, 0.1) is 11.8 Å². The summed E-state index contributed by atoms with van der Waals surface area (Å²) in [5.41, 5.74) is 0.473. The maximum absolute atomic E-state index is 13.9. The van der Waals surface area contributed by atoms with Crippen molar-refractivity contribution in [1.29, 1.82) is 0 Å². The quantitative estimate of drug-likeness (QED) is 0.452. The molecule has 2 amide bonds. The highest BCUT2D eigenvalue weighted by Crippen LogP contribution is 2.43. The SMILES string of the molecule is CO[C@H]1/C=C/CCN(C)C(=O)C[C@](O)(C(=O)NS(=O)(=O)N2CCC2)c2ccc3c(c2)N(CCCCc2cc(Cl)ccc2CO3)C[C@@H]2CC[C@H]21. The largest absolute Gasteiger partial charge is 0.487 e. The van der Waals surface area contributed by atoms with Gasteiger partial charge in [0.15, 0.2) is 5.60 Å². The molecule has 2 bridgehead atoms. The van der Waals surface area contributed by atoms with Crippen molar-refractivity contribution in [3.63, 3.8) is 0 Å². The first kappa shape index (κ1) is 35.7. The van der Waals surface area contributed by atoms with E-state index in [4.69, 9.17) is 21.1 Å². The monoisotopic (exact) mass is 714 g/mol. The van der Waals surface area contributed by atoms with E-state index in [0.717, 1.165) is 47.5 Å². The number of nitrogens with zero attached hydrogens (tertiary/aromatic N) is 3. The molecule has 2 aromatic carbocycles. The highest BCUT2D eigenvalue weighted by Gasteiger charge is 2.45. The van der Waals surface area contributed by atoms with Crippen LogP contribution in [-0.4, -0.2) is 87.5 Å². The number of carbonyl (C=O) groups is 2. The number of nitrogens with one attached hydrogen (secondary N) is 1. The standard InChI is InChI=1S/C36H47ClN4O7S/c1-39-16-5-4-9-32(47-2)30-14-11-26(30)23-40-17-6-3-8-25-20-29(37)13-10-27(25)24-48-33-15-12-28(21-31(33)40)36(44,22-34(39)42)35(43)38-49(45,46)41-18-7-19-41/h4,9-10,12-13,15,20-21,26,30,32,44H,3,5-8,11,14,16-19,22-24H2,1-2H3,(H,38,43)/b9-4+/t26-,30+,32-,36+/m0/s1. The van der Waals surface area contributed by atoms with E-state index in [1.165, 1.54) is 4.90 Å². The summed E-state index contributed by atoms with van der Waals surface area (Å²) in [4.78, 5) is 31.2. The van der Waals surface area contributed by atoms with Crippen molar-refractivity contribution < 1.29 is 32.6 Å². The van der Waals surface area contributed by atoms with Gasteiger partial charge in [0.1, 0.15) is 12.4 Å². The molecule has 2 N–H and O–H groups in total. The minimum atomic E-state index is -4.20. The van der Waals surface area contributed by atoms with Gasteiger partial charge in [-0.15, -0.1) is 0 Å². The number of benzene rings is 2. The number of hydrogen-bond acceptors (Lipinski definition) is 8. The molecule has 49 heavy (non-hydrogen) atoms. The summed E-state index contributed by atoms with van der Waals surface area (Å²) < 4.78 is 41.7. The van der Waals surface area contributed by atoms with Crippen LogP contribution in [0.3, 0.4) is 0 Å². The van der Waals surface area contributed by atoms with Gasteiger partial charge >= 0.3 is 10.2 Å². The third-order valence-electron chi connectivity index (χ3n) is 10.6. The van der Waals surface area contributed by atoms with Gasteiger partial charge < -0.3 is 24.4 Å². The van der Waals surface area contributed by atoms with Gasteiger partial charge in [0.2, 0.25) is 5.91 Å². The van der Waals surface area contributed by atoms with Crippen molar-refractivity contribution in [3.05, 3.63) is 70.3 Å². The molecule has 266 valence electrons. The van der Waals surface area contributed by atoms with Crippen LogP contribution in [0.1, 0.15) is 61.6 Å². The second-order valence-corrected chi connectivity index (χ2v) is 15.9. The molecule has 2 fully saturated rings. The molecule has 3 aliphatic heterocycles. The molecule has 1 aliphatic carbocycles. The molecule has 4 atom stereocenters. The van der Waals surface area contributed by atoms with Crippen LogP contribution in [0.4, 0.5) is 5.69 Å². The molecule has 3 heterocycles. The number of fused-ring (bicyclic) bond motifs is 3. The Morgan fingerprint density at radius 1 is 1.06 bits per heavy atom. The fraction of sp³-hybridized carbons (Fsp3) is 0.556. The molecule has 2 aromatic rings. The molecule has 11 nitrogen and oxygen atoms in total.